The summed E-state index contributed by atoms with van der Waals surface area (Å²) in [6.45, 7) is -0.849. The Morgan fingerprint density at radius 3 is 2.62 bits per heavy atom. The molecule has 0 saturated carbocycles. The van der Waals surface area contributed by atoms with Gasteiger partial charge in [0, 0.05) is 0 Å². The van der Waals surface area contributed by atoms with Gasteiger partial charge in [0.15, 0.2) is 0 Å². The lowest BCUT2D eigenvalue weighted by Gasteiger charge is -2.07. The first-order valence-corrected chi connectivity index (χ1v) is 8.20. The number of para-hydroxylation sites is 1. The van der Waals surface area contributed by atoms with Gasteiger partial charge in [-0.15, -0.1) is 0 Å². The van der Waals surface area contributed by atoms with Crippen LogP contribution in [-0.2, 0) is 0 Å². The lowest BCUT2D eigenvalue weighted by molar-refractivity contribution is -0.0498. The average molecular weight is 347 g/mol. The summed E-state index contributed by atoms with van der Waals surface area (Å²) in [5.41, 5.74) is 5.54. The molecule has 0 aliphatic rings. The summed E-state index contributed by atoms with van der Waals surface area (Å²) in [7, 11) is 0. The minimum Gasteiger partial charge on any atom is -0.435 e. The van der Waals surface area contributed by atoms with E-state index < -0.39 is 6.61 Å². The van der Waals surface area contributed by atoms with Crippen molar-refractivity contribution in [3.63, 3.8) is 0 Å². The van der Waals surface area contributed by atoms with Gasteiger partial charge in [-0.1, -0.05) is 30.4 Å². The molecule has 0 bridgehead atoms. The summed E-state index contributed by atoms with van der Waals surface area (Å²) in [5, 5.41) is 5.10. The van der Waals surface area contributed by atoms with Crippen LogP contribution in [-0.4, -0.2) is 17.3 Å². The van der Waals surface area contributed by atoms with E-state index in [0.29, 0.717) is 11.6 Å². The van der Waals surface area contributed by atoms with Gasteiger partial charge in [-0.05, 0) is 48.4 Å². The van der Waals surface area contributed by atoms with Crippen molar-refractivity contribution >= 4 is 32.4 Å². The molecule has 0 fully saturated rings. The first-order chi connectivity index (χ1) is 11.7. The monoisotopic (exact) mass is 347 g/mol. The van der Waals surface area contributed by atoms with Crippen LogP contribution < -0.4 is 10.2 Å². The first-order valence-electron chi connectivity index (χ1n) is 7.39. The van der Waals surface area contributed by atoms with Gasteiger partial charge in [0.25, 0.3) is 0 Å². The third-order valence-electron chi connectivity index (χ3n) is 3.33. The number of hydrogen-bond acceptors (Lipinski definition) is 5. The summed E-state index contributed by atoms with van der Waals surface area (Å²) in [4.78, 5) is 4.46. The van der Waals surface area contributed by atoms with E-state index in [2.05, 4.69) is 20.2 Å². The number of benzene rings is 2. The lowest BCUT2D eigenvalue weighted by atomic mass is 10.1. The first kappa shape index (κ1) is 16.3. The smallest absolute Gasteiger partial charge is 0.387 e. The van der Waals surface area contributed by atoms with Gasteiger partial charge in [-0.25, -0.2) is 4.98 Å². The zero-order chi connectivity index (χ0) is 16.9. The highest BCUT2D eigenvalue weighted by atomic mass is 32.1. The van der Waals surface area contributed by atoms with Crippen LogP contribution in [0, 0.1) is 0 Å². The highest BCUT2D eigenvalue weighted by Gasteiger charge is 2.07. The van der Waals surface area contributed by atoms with Gasteiger partial charge in [-0.3, -0.25) is 5.43 Å². The van der Waals surface area contributed by atoms with Crippen LogP contribution in [0.15, 0.2) is 53.6 Å². The molecule has 24 heavy (non-hydrogen) atoms. The molecule has 3 rings (SSSR count). The van der Waals surface area contributed by atoms with E-state index in [1.807, 2.05) is 31.2 Å². The van der Waals surface area contributed by atoms with Gasteiger partial charge < -0.3 is 4.74 Å². The van der Waals surface area contributed by atoms with Crippen LogP contribution in [0.25, 0.3) is 10.2 Å². The predicted octanol–water partition coefficient (Wildman–Crippen LogP) is 5.12. The summed E-state index contributed by atoms with van der Waals surface area (Å²) < 4.78 is 29.8. The van der Waals surface area contributed by atoms with Crippen molar-refractivity contribution in [2.24, 2.45) is 5.10 Å². The maximum absolute atomic E-state index is 12.2. The number of hydrazone groups is 1. The van der Waals surface area contributed by atoms with E-state index in [1.54, 1.807) is 12.1 Å². The van der Waals surface area contributed by atoms with E-state index in [1.165, 1.54) is 23.5 Å². The van der Waals surface area contributed by atoms with E-state index in [9.17, 15) is 8.78 Å². The molecule has 7 heteroatoms. The zero-order valence-corrected chi connectivity index (χ0v) is 13.7. The SMILES string of the molecule is CC/C(=N\Nc1nc2ccccc2s1)c1ccc(OC(F)F)cc1. The lowest BCUT2D eigenvalue weighted by Crippen LogP contribution is -2.04. The maximum Gasteiger partial charge on any atom is 0.387 e. The molecular weight excluding hydrogens is 332 g/mol. The minimum absolute atomic E-state index is 0.128. The van der Waals surface area contributed by atoms with Gasteiger partial charge in [0.1, 0.15) is 5.75 Å². The number of aromatic nitrogens is 1. The van der Waals surface area contributed by atoms with Crippen LogP contribution in [0.4, 0.5) is 13.9 Å². The molecule has 0 radical (unpaired) electrons. The number of alkyl halides is 2. The normalized spacial score (nSPS) is 11.9. The van der Waals surface area contributed by atoms with Crippen molar-refractivity contribution in [1.82, 2.24) is 4.98 Å². The quantitative estimate of drug-likeness (QED) is 0.497. The molecule has 0 atom stereocenters. The van der Waals surface area contributed by atoms with Crippen LogP contribution in [0.1, 0.15) is 18.9 Å². The zero-order valence-electron chi connectivity index (χ0n) is 12.9. The Balaban J connectivity index is 1.76. The molecule has 1 N–H and O–H groups in total. The minimum atomic E-state index is -2.82. The number of anilines is 1. The summed E-state index contributed by atoms with van der Waals surface area (Å²) in [5.74, 6) is 0.128. The van der Waals surface area contributed by atoms with Gasteiger partial charge >= 0.3 is 6.61 Å². The molecule has 0 aliphatic carbocycles. The molecule has 124 valence electrons. The number of rotatable bonds is 6. The molecular formula is C17H15F2N3OS. The number of nitrogens with one attached hydrogen (secondary N) is 1. The second-order valence-electron chi connectivity index (χ2n) is 4.91. The molecule has 0 amide bonds. The van der Waals surface area contributed by atoms with E-state index in [4.69, 9.17) is 0 Å². The number of ether oxygens (including phenoxy) is 1. The second-order valence-corrected chi connectivity index (χ2v) is 5.94. The number of hydrogen-bond donors (Lipinski definition) is 1. The largest absolute Gasteiger partial charge is 0.435 e. The Labute approximate surface area is 141 Å². The Kier molecular flexibility index (Phi) is 5.00. The van der Waals surface area contributed by atoms with Gasteiger partial charge in [0.05, 0.1) is 15.9 Å². The predicted molar refractivity (Wildman–Crippen MR) is 93.1 cm³/mol. The van der Waals surface area contributed by atoms with Crippen LogP contribution >= 0.6 is 11.3 Å². The highest BCUT2D eigenvalue weighted by molar-refractivity contribution is 7.22. The third-order valence-corrected chi connectivity index (χ3v) is 4.27. The second kappa shape index (κ2) is 7.35. The van der Waals surface area contributed by atoms with Gasteiger partial charge in [-0.2, -0.15) is 13.9 Å². The molecule has 4 nitrogen and oxygen atoms in total. The summed E-state index contributed by atoms with van der Waals surface area (Å²) in [6, 6.07) is 14.3. The maximum atomic E-state index is 12.2. The van der Waals surface area contributed by atoms with E-state index in [-0.39, 0.29) is 5.75 Å². The number of halogens is 2. The van der Waals surface area contributed by atoms with E-state index in [0.717, 1.165) is 21.5 Å². The van der Waals surface area contributed by atoms with Crippen LogP contribution in [0.3, 0.4) is 0 Å². The molecule has 0 spiro atoms. The molecule has 0 aliphatic heterocycles. The number of fused-ring (bicyclic) bond motifs is 1. The standard InChI is InChI=1S/C17H15F2N3OS/c1-2-13(11-7-9-12(10-8-11)23-16(18)19)21-22-17-20-14-5-3-4-6-15(14)24-17/h3-10,16H,2H2,1H3,(H,20,22)/b21-13+. The van der Waals surface area contributed by atoms with Crippen molar-refractivity contribution in [3.05, 3.63) is 54.1 Å². The Hall–Kier alpha value is -2.54. The van der Waals surface area contributed by atoms with Crippen molar-refractivity contribution in [2.45, 2.75) is 20.0 Å². The van der Waals surface area contributed by atoms with Crippen molar-refractivity contribution in [1.29, 1.82) is 0 Å². The molecule has 1 heterocycles. The molecule has 3 aromatic rings. The highest BCUT2D eigenvalue weighted by Crippen LogP contribution is 2.25. The third kappa shape index (κ3) is 3.86. The van der Waals surface area contributed by atoms with Crippen molar-refractivity contribution < 1.29 is 13.5 Å². The molecule has 1 aromatic heterocycles. The number of thiazole rings is 1. The van der Waals surface area contributed by atoms with E-state index >= 15 is 0 Å². The fourth-order valence-corrected chi connectivity index (χ4v) is 3.02. The topological polar surface area (TPSA) is 46.5 Å². The Morgan fingerprint density at radius 2 is 1.96 bits per heavy atom. The summed E-state index contributed by atoms with van der Waals surface area (Å²) in [6.07, 6.45) is 0.687. The fraction of sp³-hybridized carbons (Fsp3) is 0.176. The fourth-order valence-electron chi connectivity index (χ4n) is 2.21. The molecule has 2 aromatic carbocycles. The number of nitrogens with zero attached hydrogens (tertiary/aromatic N) is 2. The van der Waals surface area contributed by atoms with Crippen molar-refractivity contribution in [2.75, 3.05) is 5.43 Å². The Bertz CT molecular complexity index is 813. The molecule has 0 unspecified atom stereocenters. The summed E-state index contributed by atoms with van der Waals surface area (Å²) >= 11 is 1.52. The average Bonchev–Trinajstić information content (AvgIpc) is 2.99. The Morgan fingerprint density at radius 1 is 1.21 bits per heavy atom. The van der Waals surface area contributed by atoms with Crippen LogP contribution in [0.5, 0.6) is 5.75 Å². The van der Waals surface area contributed by atoms with Crippen LogP contribution in [0.2, 0.25) is 0 Å². The van der Waals surface area contributed by atoms with Gasteiger partial charge in [0.2, 0.25) is 5.13 Å². The van der Waals surface area contributed by atoms with Crippen molar-refractivity contribution in [3.8, 4) is 5.75 Å². The molecule has 0 saturated heterocycles.